The van der Waals surface area contributed by atoms with Gasteiger partial charge in [0.15, 0.2) is 5.75 Å². The van der Waals surface area contributed by atoms with Crippen molar-refractivity contribution in [1.82, 2.24) is 15.3 Å². The Morgan fingerprint density at radius 2 is 1.95 bits per heavy atom. The molecule has 0 fully saturated rings. The SMILES string of the molecule is CCCNCc1nc(C(C)C)ncc1OCCOCCC. The molecule has 0 saturated carbocycles. The fourth-order valence-electron chi connectivity index (χ4n) is 1.79. The van der Waals surface area contributed by atoms with Gasteiger partial charge in [-0.1, -0.05) is 27.7 Å². The zero-order valence-electron chi connectivity index (χ0n) is 13.8. The van der Waals surface area contributed by atoms with Crippen molar-refractivity contribution in [1.29, 1.82) is 0 Å². The Labute approximate surface area is 128 Å². The summed E-state index contributed by atoms with van der Waals surface area (Å²) < 4.78 is 11.2. The van der Waals surface area contributed by atoms with Crippen molar-refractivity contribution >= 4 is 0 Å². The average Bonchev–Trinajstić information content (AvgIpc) is 2.48. The average molecular weight is 295 g/mol. The van der Waals surface area contributed by atoms with Gasteiger partial charge in [0.25, 0.3) is 0 Å². The molecule has 0 saturated heterocycles. The summed E-state index contributed by atoms with van der Waals surface area (Å²) in [7, 11) is 0. The van der Waals surface area contributed by atoms with Crippen molar-refractivity contribution in [3.63, 3.8) is 0 Å². The second-order valence-corrected chi connectivity index (χ2v) is 5.33. The van der Waals surface area contributed by atoms with Gasteiger partial charge in [-0.15, -0.1) is 0 Å². The lowest BCUT2D eigenvalue weighted by Gasteiger charge is -2.13. The monoisotopic (exact) mass is 295 g/mol. The molecule has 5 heteroatoms. The van der Waals surface area contributed by atoms with E-state index in [1.807, 2.05) is 0 Å². The second-order valence-electron chi connectivity index (χ2n) is 5.33. The number of nitrogens with one attached hydrogen (secondary N) is 1. The van der Waals surface area contributed by atoms with Crippen LogP contribution in [0.4, 0.5) is 0 Å². The van der Waals surface area contributed by atoms with Crippen LogP contribution in [0.5, 0.6) is 5.75 Å². The molecule has 1 heterocycles. The first kappa shape index (κ1) is 17.9. The molecule has 0 aromatic carbocycles. The molecule has 0 spiro atoms. The van der Waals surface area contributed by atoms with Crippen LogP contribution < -0.4 is 10.1 Å². The Morgan fingerprint density at radius 3 is 2.62 bits per heavy atom. The predicted octanol–water partition coefficient (Wildman–Crippen LogP) is 2.91. The van der Waals surface area contributed by atoms with E-state index < -0.39 is 0 Å². The molecular weight excluding hydrogens is 266 g/mol. The van der Waals surface area contributed by atoms with Crippen LogP contribution in [-0.2, 0) is 11.3 Å². The lowest BCUT2D eigenvalue weighted by molar-refractivity contribution is 0.0998. The van der Waals surface area contributed by atoms with Crippen molar-refractivity contribution in [2.45, 2.75) is 53.0 Å². The maximum absolute atomic E-state index is 5.76. The molecule has 5 nitrogen and oxygen atoms in total. The Kier molecular flexibility index (Phi) is 8.94. The van der Waals surface area contributed by atoms with E-state index in [9.17, 15) is 0 Å². The van der Waals surface area contributed by atoms with Gasteiger partial charge in [0, 0.05) is 19.1 Å². The second kappa shape index (κ2) is 10.5. The maximum atomic E-state index is 5.76. The van der Waals surface area contributed by atoms with Gasteiger partial charge in [0.1, 0.15) is 12.4 Å². The summed E-state index contributed by atoms with van der Waals surface area (Å²) in [4.78, 5) is 9.00. The van der Waals surface area contributed by atoms with E-state index in [1.54, 1.807) is 6.20 Å². The van der Waals surface area contributed by atoms with E-state index in [0.717, 1.165) is 43.3 Å². The molecule has 120 valence electrons. The van der Waals surface area contributed by atoms with E-state index in [1.165, 1.54) is 0 Å². The number of rotatable bonds is 11. The summed E-state index contributed by atoms with van der Waals surface area (Å²) in [6.07, 6.45) is 3.91. The maximum Gasteiger partial charge on any atom is 0.160 e. The van der Waals surface area contributed by atoms with Crippen molar-refractivity contribution in [2.75, 3.05) is 26.4 Å². The number of hydrogen-bond donors (Lipinski definition) is 1. The molecule has 1 N–H and O–H groups in total. The zero-order chi connectivity index (χ0) is 15.5. The minimum atomic E-state index is 0.317. The third-order valence-electron chi connectivity index (χ3n) is 2.92. The normalized spacial score (nSPS) is 11.1. The highest BCUT2D eigenvalue weighted by Crippen LogP contribution is 2.18. The van der Waals surface area contributed by atoms with E-state index in [0.29, 0.717) is 25.7 Å². The van der Waals surface area contributed by atoms with Crippen molar-refractivity contribution in [3.8, 4) is 5.75 Å². The van der Waals surface area contributed by atoms with Gasteiger partial charge in [-0.25, -0.2) is 9.97 Å². The predicted molar refractivity (Wildman–Crippen MR) is 84.7 cm³/mol. The molecule has 0 radical (unpaired) electrons. The first-order chi connectivity index (χ1) is 10.2. The molecule has 21 heavy (non-hydrogen) atoms. The van der Waals surface area contributed by atoms with Crippen molar-refractivity contribution in [3.05, 3.63) is 17.7 Å². The third kappa shape index (κ3) is 6.87. The summed E-state index contributed by atoms with van der Waals surface area (Å²) >= 11 is 0. The molecule has 0 unspecified atom stereocenters. The number of ether oxygens (including phenoxy) is 2. The molecule has 1 rings (SSSR count). The summed E-state index contributed by atoms with van der Waals surface area (Å²) in [6, 6.07) is 0. The van der Waals surface area contributed by atoms with Gasteiger partial charge < -0.3 is 14.8 Å². The highest BCUT2D eigenvalue weighted by molar-refractivity contribution is 5.25. The van der Waals surface area contributed by atoms with E-state index in [2.05, 4.69) is 43.0 Å². The quantitative estimate of drug-likeness (QED) is 0.636. The van der Waals surface area contributed by atoms with Gasteiger partial charge in [-0.3, -0.25) is 0 Å². The minimum absolute atomic E-state index is 0.317. The first-order valence-electron chi connectivity index (χ1n) is 7.96. The zero-order valence-corrected chi connectivity index (χ0v) is 13.8. The Balaban J connectivity index is 2.61. The van der Waals surface area contributed by atoms with E-state index in [4.69, 9.17) is 9.47 Å². The largest absolute Gasteiger partial charge is 0.488 e. The van der Waals surface area contributed by atoms with Gasteiger partial charge in [-0.2, -0.15) is 0 Å². The lowest BCUT2D eigenvalue weighted by Crippen LogP contribution is -2.18. The fraction of sp³-hybridized carbons (Fsp3) is 0.750. The molecule has 1 aromatic heterocycles. The first-order valence-corrected chi connectivity index (χ1v) is 7.96. The topological polar surface area (TPSA) is 56.3 Å². The van der Waals surface area contributed by atoms with Crippen LogP contribution in [-0.4, -0.2) is 36.3 Å². The van der Waals surface area contributed by atoms with Crippen LogP contribution in [0.2, 0.25) is 0 Å². The molecular formula is C16H29N3O2. The van der Waals surface area contributed by atoms with Gasteiger partial charge in [-0.05, 0) is 19.4 Å². The van der Waals surface area contributed by atoms with Crippen molar-refractivity contribution < 1.29 is 9.47 Å². The lowest BCUT2D eigenvalue weighted by atomic mass is 10.2. The number of hydrogen-bond acceptors (Lipinski definition) is 5. The highest BCUT2D eigenvalue weighted by atomic mass is 16.5. The Hall–Kier alpha value is -1.20. The number of nitrogens with zero attached hydrogens (tertiary/aromatic N) is 2. The van der Waals surface area contributed by atoms with Crippen LogP contribution in [0.3, 0.4) is 0 Å². The Morgan fingerprint density at radius 1 is 1.14 bits per heavy atom. The fourth-order valence-corrected chi connectivity index (χ4v) is 1.79. The highest BCUT2D eigenvalue weighted by Gasteiger charge is 2.10. The van der Waals surface area contributed by atoms with Gasteiger partial charge in [0.05, 0.1) is 18.5 Å². The van der Waals surface area contributed by atoms with Gasteiger partial charge >= 0.3 is 0 Å². The number of aromatic nitrogens is 2. The van der Waals surface area contributed by atoms with Crippen LogP contribution in [0, 0.1) is 0 Å². The summed E-state index contributed by atoms with van der Waals surface area (Å²) in [5.74, 6) is 1.93. The summed E-state index contributed by atoms with van der Waals surface area (Å²) in [5, 5.41) is 3.37. The van der Waals surface area contributed by atoms with Crippen molar-refractivity contribution in [2.24, 2.45) is 0 Å². The third-order valence-corrected chi connectivity index (χ3v) is 2.92. The van der Waals surface area contributed by atoms with Crippen LogP contribution in [0.1, 0.15) is 58.0 Å². The minimum Gasteiger partial charge on any atom is -0.488 e. The van der Waals surface area contributed by atoms with Crippen LogP contribution >= 0.6 is 0 Å². The molecule has 0 atom stereocenters. The van der Waals surface area contributed by atoms with E-state index in [-0.39, 0.29) is 0 Å². The van der Waals surface area contributed by atoms with Crippen LogP contribution in [0.15, 0.2) is 6.20 Å². The smallest absolute Gasteiger partial charge is 0.160 e. The molecule has 0 bridgehead atoms. The summed E-state index contributed by atoms with van der Waals surface area (Å²) in [6.45, 7) is 12.0. The molecule has 0 aliphatic rings. The molecule has 1 aromatic rings. The van der Waals surface area contributed by atoms with E-state index >= 15 is 0 Å². The molecule has 0 aliphatic heterocycles. The summed E-state index contributed by atoms with van der Waals surface area (Å²) in [5.41, 5.74) is 0.928. The Bertz CT molecular complexity index is 397. The standard InChI is InChI=1S/C16H29N3O2/c1-5-7-17-11-14-15(21-10-9-20-8-6-2)12-18-16(19-14)13(3)4/h12-13,17H,5-11H2,1-4H3. The molecule has 0 amide bonds. The van der Waals surface area contributed by atoms with Crippen LogP contribution in [0.25, 0.3) is 0 Å². The van der Waals surface area contributed by atoms with Gasteiger partial charge in [0.2, 0.25) is 0 Å². The molecule has 0 aliphatic carbocycles.